The van der Waals surface area contributed by atoms with E-state index in [1.807, 2.05) is 0 Å². The molecule has 0 amide bonds. The van der Waals surface area contributed by atoms with E-state index in [2.05, 4.69) is 0 Å². The first kappa shape index (κ1) is 25.1. The van der Waals surface area contributed by atoms with Crippen LogP contribution in [-0.4, -0.2) is 93.6 Å². The molecule has 182 valence electrons. The number of hydrogen-bond donors (Lipinski definition) is 5. The molecular weight excluding hydrogens is 440 g/mol. The van der Waals surface area contributed by atoms with E-state index in [4.69, 9.17) is 18.9 Å². The molecule has 0 unspecified atom stereocenters. The minimum absolute atomic E-state index is 0.0873. The minimum atomic E-state index is -1.63. The summed E-state index contributed by atoms with van der Waals surface area (Å²) < 4.78 is 20.8. The molecule has 1 aromatic rings. The molecule has 0 saturated carbocycles. The molecule has 11 heteroatoms. The third-order valence-electron chi connectivity index (χ3n) is 5.72. The fraction of sp³-hybridized carbons (Fsp3) is 0.545. The number of aliphatic hydroxyl groups excluding tert-OH is 3. The summed E-state index contributed by atoms with van der Waals surface area (Å²) in [5.74, 6) is -1.74. The van der Waals surface area contributed by atoms with Crippen LogP contribution in [0.15, 0.2) is 30.3 Å². The van der Waals surface area contributed by atoms with E-state index in [1.54, 1.807) is 19.1 Å². The van der Waals surface area contributed by atoms with Gasteiger partial charge < -0.3 is 44.5 Å². The molecule has 0 aromatic heterocycles. The van der Waals surface area contributed by atoms with E-state index >= 15 is 0 Å². The molecule has 0 aliphatic carbocycles. The predicted octanol–water partition coefficient (Wildman–Crippen LogP) is -0.913. The number of cyclic esters (lactones) is 1. The number of phenolic OH excluding ortho intramolecular Hbond substituents is 1. The second kappa shape index (κ2) is 10.6. The number of aliphatic hydroxyl groups is 4. The Balaban J connectivity index is 1.52. The maximum atomic E-state index is 12.0. The highest BCUT2D eigenvalue weighted by Crippen LogP contribution is 2.30. The summed E-state index contributed by atoms with van der Waals surface area (Å²) in [5, 5.41) is 50.2. The molecule has 2 heterocycles. The van der Waals surface area contributed by atoms with E-state index < -0.39 is 60.8 Å². The van der Waals surface area contributed by atoms with Crippen molar-refractivity contribution in [3.8, 4) is 5.75 Å². The number of carbonyl (C=O) groups is 2. The van der Waals surface area contributed by atoms with Gasteiger partial charge in [-0.1, -0.05) is 19.1 Å². The highest BCUT2D eigenvalue weighted by molar-refractivity contribution is 5.87. The lowest BCUT2D eigenvalue weighted by Gasteiger charge is -2.40. The van der Waals surface area contributed by atoms with Gasteiger partial charge in [-0.3, -0.25) is 4.79 Å². The Morgan fingerprint density at radius 3 is 2.55 bits per heavy atom. The van der Waals surface area contributed by atoms with Crippen molar-refractivity contribution < 1.29 is 54.1 Å². The lowest BCUT2D eigenvalue weighted by molar-refractivity contribution is -0.305. The van der Waals surface area contributed by atoms with Crippen LogP contribution in [0.25, 0.3) is 6.08 Å². The molecule has 33 heavy (non-hydrogen) atoms. The van der Waals surface area contributed by atoms with Crippen LogP contribution in [0.5, 0.6) is 5.75 Å². The van der Waals surface area contributed by atoms with Gasteiger partial charge in [0.2, 0.25) is 0 Å². The van der Waals surface area contributed by atoms with Gasteiger partial charge in [-0.05, 0) is 23.8 Å². The summed E-state index contributed by atoms with van der Waals surface area (Å²) in [6.07, 6.45) is -4.90. The Labute approximate surface area is 189 Å². The molecule has 11 nitrogen and oxygen atoms in total. The molecule has 3 rings (SSSR count). The quantitative estimate of drug-likeness (QED) is 0.236. The fourth-order valence-corrected chi connectivity index (χ4v) is 3.42. The SMILES string of the molecule is C[C@@H](CO[C@H]1O[C@H](COC(=O)C=Cc2ccc(O)cc2)[C@@H](O)[C@H](O)[C@H]1O)[C@]1(O)COC(=O)C1. The van der Waals surface area contributed by atoms with Gasteiger partial charge in [0.05, 0.1) is 13.0 Å². The Hall–Kier alpha value is -2.54. The maximum absolute atomic E-state index is 12.0. The van der Waals surface area contributed by atoms with Gasteiger partial charge in [0, 0.05) is 12.0 Å². The van der Waals surface area contributed by atoms with Crippen LogP contribution in [0.4, 0.5) is 0 Å². The van der Waals surface area contributed by atoms with Crippen molar-refractivity contribution in [2.75, 3.05) is 19.8 Å². The summed E-state index contributed by atoms with van der Waals surface area (Å²) in [6.45, 7) is 0.884. The van der Waals surface area contributed by atoms with E-state index in [1.165, 1.54) is 18.2 Å². The Kier molecular flexibility index (Phi) is 8.05. The standard InChI is InChI=1S/C22H28O11/c1-12(22(29)8-17(25)32-11-22)9-31-21-20(28)19(27)18(26)15(33-21)10-30-16(24)7-4-13-2-5-14(23)6-3-13/h2-7,12,15,18-21,23,26-29H,8-11H2,1H3/t12-,15+,18+,19-,20+,21-,22+/m0/s1. The van der Waals surface area contributed by atoms with Crippen molar-refractivity contribution in [1.82, 2.24) is 0 Å². The van der Waals surface area contributed by atoms with E-state index in [0.717, 1.165) is 6.08 Å². The molecule has 0 spiro atoms. The first-order valence-electron chi connectivity index (χ1n) is 10.4. The van der Waals surface area contributed by atoms with Crippen LogP contribution < -0.4 is 0 Å². The molecular formula is C22H28O11. The van der Waals surface area contributed by atoms with Crippen LogP contribution in [0.1, 0.15) is 18.9 Å². The summed E-state index contributed by atoms with van der Waals surface area (Å²) in [5.41, 5.74) is -0.774. The van der Waals surface area contributed by atoms with Crippen molar-refractivity contribution >= 4 is 18.0 Å². The fourth-order valence-electron chi connectivity index (χ4n) is 3.42. The molecule has 2 fully saturated rings. The highest BCUT2D eigenvalue weighted by Gasteiger charge is 2.47. The minimum Gasteiger partial charge on any atom is -0.508 e. The molecule has 5 N–H and O–H groups in total. The molecule has 2 aliphatic heterocycles. The second-order valence-corrected chi connectivity index (χ2v) is 8.25. The summed E-state index contributed by atoms with van der Waals surface area (Å²) in [4.78, 5) is 23.3. The number of esters is 2. The van der Waals surface area contributed by atoms with Gasteiger partial charge in [-0.25, -0.2) is 4.79 Å². The summed E-state index contributed by atoms with van der Waals surface area (Å²) in [7, 11) is 0. The van der Waals surface area contributed by atoms with Crippen molar-refractivity contribution in [2.45, 2.75) is 49.7 Å². The van der Waals surface area contributed by atoms with Crippen molar-refractivity contribution in [2.24, 2.45) is 5.92 Å². The number of ether oxygens (including phenoxy) is 4. The third kappa shape index (κ3) is 6.28. The van der Waals surface area contributed by atoms with Crippen LogP contribution in [-0.2, 0) is 28.5 Å². The van der Waals surface area contributed by atoms with Crippen molar-refractivity contribution in [3.05, 3.63) is 35.9 Å². The Bertz CT molecular complexity index is 854. The lowest BCUT2D eigenvalue weighted by Crippen LogP contribution is -2.59. The van der Waals surface area contributed by atoms with Crippen LogP contribution in [0.3, 0.4) is 0 Å². The monoisotopic (exact) mass is 468 g/mol. The number of phenols is 1. The average molecular weight is 468 g/mol. The van der Waals surface area contributed by atoms with Gasteiger partial charge >= 0.3 is 11.9 Å². The maximum Gasteiger partial charge on any atom is 0.330 e. The molecule has 7 atom stereocenters. The normalized spacial score (nSPS) is 33.1. The molecule has 2 aliphatic rings. The first-order valence-corrected chi connectivity index (χ1v) is 10.4. The van der Waals surface area contributed by atoms with Gasteiger partial charge in [0.1, 0.15) is 49.0 Å². The number of carbonyl (C=O) groups excluding carboxylic acids is 2. The van der Waals surface area contributed by atoms with E-state index in [9.17, 15) is 35.1 Å². The zero-order valence-electron chi connectivity index (χ0n) is 17.9. The smallest absolute Gasteiger partial charge is 0.330 e. The Morgan fingerprint density at radius 1 is 1.21 bits per heavy atom. The van der Waals surface area contributed by atoms with Crippen LogP contribution in [0, 0.1) is 5.92 Å². The lowest BCUT2D eigenvalue weighted by atomic mass is 9.88. The number of aromatic hydroxyl groups is 1. The molecule has 2 saturated heterocycles. The molecule has 1 aromatic carbocycles. The average Bonchev–Trinajstić information content (AvgIpc) is 3.15. The van der Waals surface area contributed by atoms with Gasteiger partial charge in [0.15, 0.2) is 6.29 Å². The highest BCUT2D eigenvalue weighted by atomic mass is 16.7. The Morgan fingerprint density at radius 2 is 1.91 bits per heavy atom. The summed E-state index contributed by atoms with van der Waals surface area (Å²) in [6, 6.07) is 6.11. The largest absolute Gasteiger partial charge is 0.508 e. The van der Waals surface area contributed by atoms with Crippen LogP contribution >= 0.6 is 0 Å². The number of rotatable bonds is 8. The van der Waals surface area contributed by atoms with Crippen LogP contribution in [0.2, 0.25) is 0 Å². The summed E-state index contributed by atoms with van der Waals surface area (Å²) >= 11 is 0. The number of hydrogen-bond acceptors (Lipinski definition) is 11. The second-order valence-electron chi connectivity index (χ2n) is 8.25. The topological polar surface area (TPSA) is 172 Å². The van der Waals surface area contributed by atoms with Gasteiger partial charge in [-0.15, -0.1) is 0 Å². The van der Waals surface area contributed by atoms with Crippen molar-refractivity contribution in [1.29, 1.82) is 0 Å². The van der Waals surface area contributed by atoms with Gasteiger partial charge in [-0.2, -0.15) is 0 Å². The predicted molar refractivity (Wildman–Crippen MR) is 110 cm³/mol. The number of benzene rings is 1. The van der Waals surface area contributed by atoms with Crippen molar-refractivity contribution in [3.63, 3.8) is 0 Å². The van der Waals surface area contributed by atoms with E-state index in [0.29, 0.717) is 5.56 Å². The third-order valence-corrected chi connectivity index (χ3v) is 5.72. The molecule has 0 bridgehead atoms. The van der Waals surface area contributed by atoms with E-state index in [-0.39, 0.29) is 25.4 Å². The van der Waals surface area contributed by atoms with Gasteiger partial charge in [0.25, 0.3) is 0 Å². The molecule has 0 radical (unpaired) electrons. The zero-order valence-corrected chi connectivity index (χ0v) is 17.9. The first-order chi connectivity index (χ1) is 15.6. The zero-order chi connectivity index (χ0) is 24.2.